The molecule has 1 atom stereocenters. The highest BCUT2D eigenvalue weighted by atomic mass is 35.5. The molecule has 0 bridgehead atoms. The Hall–Kier alpha value is -2.18. The first kappa shape index (κ1) is 19.6. The van der Waals surface area contributed by atoms with Crippen molar-refractivity contribution >= 4 is 23.2 Å². The molecule has 4 nitrogen and oxygen atoms in total. The molecule has 144 valence electrons. The quantitative estimate of drug-likeness (QED) is 0.842. The number of nitrogens with zero attached hydrogens (tertiary/aromatic N) is 2. The molecule has 1 fully saturated rings. The Labute approximate surface area is 162 Å². The fraction of sp³-hybridized carbons (Fsp3) is 0.350. The smallest absolute Gasteiger partial charge is 0.236 e. The van der Waals surface area contributed by atoms with Crippen molar-refractivity contribution in [1.29, 1.82) is 0 Å². The first-order valence-corrected chi connectivity index (χ1v) is 9.28. The predicted octanol–water partition coefficient (Wildman–Crippen LogP) is 3.62. The third kappa shape index (κ3) is 4.96. The molecule has 1 amide bonds. The van der Waals surface area contributed by atoms with Gasteiger partial charge in [0.2, 0.25) is 5.91 Å². The van der Waals surface area contributed by atoms with Crippen LogP contribution in [0.2, 0.25) is 5.02 Å². The zero-order valence-corrected chi connectivity index (χ0v) is 15.8. The average molecular weight is 394 g/mol. The van der Waals surface area contributed by atoms with Crippen LogP contribution in [0.15, 0.2) is 42.5 Å². The van der Waals surface area contributed by atoms with Crippen LogP contribution >= 0.6 is 11.6 Å². The maximum absolute atomic E-state index is 13.8. The van der Waals surface area contributed by atoms with Crippen LogP contribution in [0.3, 0.4) is 0 Å². The minimum atomic E-state index is -0.614. The SMILES string of the molecule is C[C@@H](NCC(=O)N1CCN(c2cccc(Cl)c2)CC1)c1ccc(F)cc1F. The van der Waals surface area contributed by atoms with Crippen molar-refractivity contribution in [3.8, 4) is 0 Å². The molecule has 2 aromatic carbocycles. The van der Waals surface area contributed by atoms with E-state index in [0.717, 1.165) is 24.8 Å². The van der Waals surface area contributed by atoms with Crippen LogP contribution in [0.25, 0.3) is 0 Å². The summed E-state index contributed by atoms with van der Waals surface area (Å²) >= 11 is 6.04. The summed E-state index contributed by atoms with van der Waals surface area (Å²) in [4.78, 5) is 16.4. The Bertz CT molecular complexity index is 810. The van der Waals surface area contributed by atoms with E-state index in [4.69, 9.17) is 11.6 Å². The van der Waals surface area contributed by atoms with Gasteiger partial charge in [-0.3, -0.25) is 4.79 Å². The maximum Gasteiger partial charge on any atom is 0.236 e. The van der Waals surface area contributed by atoms with E-state index < -0.39 is 11.6 Å². The lowest BCUT2D eigenvalue weighted by molar-refractivity contribution is -0.130. The van der Waals surface area contributed by atoms with E-state index in [9.17, 15) is 13.6 Å². The third-order valence-electron chi connectivity index (χ3n) is 4.79. The number of amides is 1. The van der Waals surface area contributed by atoms with Crippen LogP contribution in [-0.2, 0) is 4.79 Å². The molecule has 3 rings (SSSR count). The van der Waals surface area contributed by atoms with Crippen molar-refractivity contribution in [3.05, 3.63) is 64.7 Å². The van der Waals surface area contributed by atoms with Gasteiger partial charge in [-0.05, 0) is 31.2 Å². The van der Waals surface area contributed by atoms with E-state index >= 15 is 0 Å². The summed E-state index contributed by atoms with van der Waals surface area (Å²) in [5.41, 5.74) is 1.39. The molecule has 27 heavy (non-hydrogen) atoms. The molecule has 0 radical (unpaired) electrons. The van der Waals surface area contributed by atoms with Gasteiger partial charge >= 0.3 is 0 Å². The largest absolute Gasteiger partial charge is 0.368 e. The maximum atomic E-state index is 13.8. The fourth-order valence-electron chi connectivity index (χ4n) is 3.20. The van der Waals surface area contributed by atoms with Crippen molar-refractivity contribution in [2.24, 2.45) is 0 Å². The van der Waals surface area contributed by atoms with Crippen LogP contribution in [0.1, 0.15) is 18.5 Å². The normalized spacial score (nSPS) is 15.7. The molecular weight excluding hydrogens is 372 g/mol. The summed E-state index contributed by atoms with van der Waals surface area (Å²) in [6, 6.07) is 10.7. The molecular formula is C20H22ClF2N3O. The van der Waals surface area contributed by atoms with Crippen molar-refractivity contribution in [3.63, 3.8) is 0 Å². The second-order valence-corrected chi connectivity index (χ2v) is 7.05. The van der Waals surface area contributed by atoms with Gasteiger partial charge < -0.3 is 15.1 Å². The number of piperazine rings is 1. The molecule has 0 aliphatic carbocycles. The van der Waals surface area contributed by atoms with E-state index in [1.165, 1.54) is 12.1 Å². The van der Waals surface area contributed by atoms with Gasteiger partial charge in [0.05, 0.1) is 6.54 Å². The number of nitrogens with one attached hydrogen (secondary N) is 1. The van der Waals surface area contributed by atoms with Crippen LogP contribution in [-0.4, -0.2) is 43.5 Å². The van der Waals surface area contributed by atoms with Gasteiger partial charge in [0.1, 0.15) is 11.6 Å². The highest BCUT2D eigenvalue weighted by Crippen LogP contribution is 2.21. The Kier molecular flexibility index (Phi) is 6.29. The zero-order valence-electron chi connectivity index (χ0n) is 15.1. The van der Waals surface area contributed by atoms with Gasteiger partial charge in [0.15, 0.2) is 0 Å². The molecule has 0 spiro atoms. The first-order chi connectivity index (χ1) is 12.9. The summed E-state index contributed by atoms with van der Waals surface area (Å²) in [6.45, 7) is 4.55. The second-order valence-electron chi connectivity index (χ2n) is 6.62. The molecule has 1 N–H and O–H groups in total. The summed E-state index contributed by atoms with van der Waals surface area (Å²) in [7, 11) is 0. The number of halogens is 3. The Morgan fingerprint density at radius 1 is 1.15 bits per heavy atom. The lowest BCUT2D eigenvalue weighted by atomic mass is 10.1. The number of carbonyl (C=O) groups excluding carboxylic acids is 1. The number of hydrogen-bond donors (Lipinski definition) is 1. The highest BCUT2D eigenvalue weighted by molar-refractivity contribution is 6.30. The molecule has 1 aliphatic rings. The van der Waals surface area contributed by atoms with Crippen molar-refractivity contribution in [1.82, 2.24) is 10.2 Å². The Morgan fingerprint density at radius 3 is 2.56 bits per heavy atom. The van der Waals surface area contributed by atoms with Gasteiger partial charge in [0.25, 0.3) is 0 Å². The van der Waals surface area contributed by atoms with E-state index in [1.54, 1.807) is 11.8 Å². The summed E-state index contributed by atoms with van der Waals surface area (Å²) in [5.74, 6) is -1.26. The molecule has 1 aliphatic heterocycles. The summed E-state index contributed by atoms with van der Waals surface area (Å²) < 4.78 is 26.8. The van der Waals surface area contributed by atoms with Crippen LogP contribution in [0, 0.1) is 11.6 Å². The topological polar surface area (TPSA) is 35.6 Å². The first-order valence-electron chi connectivity index (χ1n) is 8.90. The van der Waals surface area contributed by atoms with Gasteiger partial charge in [-0.2, -0.15) is 0 Å². The van der Waals surface area contributed by atoms with E-state index in [2.05, 4.69) is 10.2 Å². The molecule has 0 unspecified atom stereocenters. The molecule has 7 heteroatoms. The lowest BCUT2D eigenvalue weighted by Gasteiger charge is -2.36. The van der Waals surface area contributed by atoms with Gasteiger partial charge in [-0.1, -0.05) is 23.7 Å². The number of carbonyl (C=O) groups is 1. The number of rotatable bonds is 5. The lowest BCUT2D eigenvalue weighted by Crippen LogP contribution is -2.51. The molecule has 0 saturated carbocycles. The molecule has 0 aromatic heterocycles. The van der Waals surface area contributed by atoms with E-state index in [1.807, 2.05) is 24.3 Å². The Morgan fingerprint density at radius 2 is 1.89 bits per heavy atom. The number of benzene rings is 2. The summed E-state index contributed by atoms with van der Waals surface area (Å²) in [5, 5.41) is 3.71. The van der Waals surface area contributed by atoms with Crippen LogP contribution < -0.4 is 10.2 Å². The van der Waals surface area contributed by atoms with Gasteiger partial charge in [-0.25, -0.2) is 8.78 Å². The third-order valence-corrected chi connectivity index (χ3v) is 5.03. The van der Waals surface area contributed by atoms with E-state index in [0.29, 0.717) is 23.7 Å². The van der Waals surface area contributed by atoms with Crippen molar-refractivity contribution in [2.75, 3.05) is 37.6 Å². The van der Waals surface area contributed by atoms with Crippen molar-refractivity contribution in [2.45, 2.75) is 13.0 Å². The minimum Gasteiger partial charge on any atom is -0.368 e. The van der Waals surface area contributed by atoms with E-state index in [-0.39, 0.29) is 18.5 Å². The number of hydrogen-bond acceptors (Lipinski definition) is 3. The minimum absolute atomic E-state index is 0.0323. The standard InChI is InChI=1S/C20H22ClF2N3O/c1-14(18-6-5-16(22)12-19(18)23)24-13-20(27)26-9-7-25(8-10-26)17-4-2-3-15(21)11-17/h2-6,11-12,14,24H,7-10,13H2,1H3/t14-/m1/s1. The zero-order chi connectivity index (χ0) is 19.4. The van der Waals surface area contributed by atoms with Gasteiger partial charge in [0, 0.05) is 54.6 Å². The molecule has 2 aromatic rings. The van der Waals surface area contributed by atoms with Crippen LogP contribution in [0.5, 0.6) is 0 Å². The van der Waals surface area contributed by atoms with Crippen LogP contribution in [0.4, 0.5) is 14.5 Å². The predicted molar refractivity (Wildman–Crippen MR) is 103 cm³/mol. The van der Waals surface area contributed by atoms with Gasteiger partial charge in [-0.15, -0.1) is 0 Å². The fourth-order valence-corrected chi connectivity index (χ4v) is 3.39. The summed E-state index contributed by atoms with van der Waals surface area (Å²) in [6.07, 6.45) is 0. The second kappa shape index (κ2) is 8.67. The average Bonchev–Trinajstić information content (AvgIpc) is 2.66. The Balaban J connectivity index is 1.49. The molecule has 1 saturated heterocycles. The number of anilines is 1. The monoisotopic (exact) mass is 393 g/mol. The van der Waals surface area contributed by atoms with Crippen molar-refractivity contribution < 1.29 is 13.6 Å². The molecule has 1 heterocycles. The highest BCUT2D eigenvalue weighted by Gasteiger charge is 2.22.